The number of amides is 2. The van der Waals surface area contributed by atoms with E-state index in [1.54, 1.807) is 11.9 Å². The molecular formula is C20H22N2O3. The third-order valence-corrected chi connectivity index (χ3v) is 4.35. The molecule has 0 atom stereocenters. The van der Waals surface area contributed by atoms with Gasteiger partial charge in [-0.05, 0) is 43.2 Å². The minimum atomic E-state index is -0.0876. The molecule has 2 aromatic carbocycles. The second-order valence-corrected chi connectivity index (χ2v) is 6.40. The van der Waals surface area contributed by atoms with E-state index < -0.39 is 0 Å². The molecule has 1 aliphatic heterocycles. The highest BCUT2D eigenvalue weighted by Gasteiger charge is 2.20. The summed E-state index contributed by atoms with van der Waals surface area (Å²) in [6, 6.07) is 11.5. The summed E-state index contributed by atoms with van der Waals surface area (Å²) in [4.78, 5) is 26.0. The highest BCUT2D eigenvalue weighted by atomic mass is 16.5. The quantitative estimate of drug-likeness (QED) is 0.935. The molecule has 5 heteroatoms. The molecule has 5 nitrogen and oxygen atoms in total. The molecule has 0 spiro atoms. The van der Waals surface area contributed by atoms with Gasteiger partial charge in [0, 0.05) is 12.7 Å². The fourth-order valence-electron chi connectivity index (χ4n) is 2.94. The molecule has 2 aromatic rings. The van der Waals surface area contributed by atoms with E-state index in [1.807, 2.05) is 50.2 Å². The number of benzene rings is 2. The number of anilines is 2. The third kappa shape index (κ3) is 3.82. The Kier molecular flexibility index (Phi) is 4.74. The Balaban J connectivity index is 1.76. The summed E-state index contributed by atoms with van der Waals surface area (Å²) in [6.07, 6.45) is 0.594. The van der Waals surface area contributed by atoms with Crippen molar-refractivity contribution >= 4 is 23.2 Å². The summed E-state index contributed by atoms with van der Waals surface area (Å²) < 4.78 is 5.61. The first-order chi connectivity index (χ1) is 11.9. The number of fused-ring (bicyclic) bond motifs is 1. The summed E-state index contributed by atoms with van der Waals surface area (Å²) in [5.74, 6) is 0.595. The van der Waals surface area contributed by atoms with Crippen molar-refractivity contribution in [1.29, 1.82) is 0 Å². The van der Waals surface area contributed by atoms with Crippen molar-refractivity contribution in [1.82, 2.24) is 0 Å². The number of hydrogen-bond donors (Lipinski definition) is 1. The number of rotatable bonds is 3. The van der Waals surface area contributed by atoms with Crippen LogP contribution < -0.4 is 15.0 Å². The van der Waals surface area contributed by atoms with Gasteiger partial charge < -0.3 is 15.0 Å². The summed E-state index contributed by atoms with van der Waals surface area (Å²) in [5.41, 5.74) is 4.56. The summed E-state index contributed by atoms with van der Waals surface area (Å²) in [7, 11) is 1.73. The monoisotopic (exact) mass is 338 g/mol. The van der Waals surface area contributed by atoms with Gasteiger partial charge in [-0.3, -0.25) is 9.59 Å². The van der Waals surface area contributed by atoms with E-state index in [1.165, 1.54) is 0 Å². The van der Waals surface area contributed by atoms with Crippen LogP contribution in [0.15, 0.2) is 36.4 Å². The van der Waals surface area contributed by atoms with E-state index in [0.29, 0.717) is 24.5 Å². The van der Waals surface area contributed by atoms with Crippen LogP contribution in [0.4, 0.5) is 11.4 Å². The van der Waals surface area contributed by atoms with Crippen molar-refractivity contribution in [2.24, 2.45) is 0 Å². The maximum atomic E-state index is 12.4. The molecule has 25 heavy (non-hydrogen) atoms. The predicted molar refractivity (Wildman–Crippen MR) is 98.2 cm³/mol. The standard InChI is InChI=1S/C20H22N2O3/c1-13-4-6-16(14(2)10-13)21-19(23)12-15-5-7-18-17(11-15)22(3)20(24)8-9-25-18/h4-7,10-11H,8-9,12H2,1-3H3,(H,21,23). The molecule has 0 unspecified atom stereocenters. The highest BCUT2D eigenvalue weighted by Crippen LogP contribution is 2.31. The van der Waals surface area contributed by atoms with Crippen molar-refractivity contribution in [3.63, 3.8) is 0 Å². The van der Waals surface area contributed by atoms with E-state index >= 15 is 0 Å². The van der Waals surface area contributed by atoms with Crippen molar-refractivity contribution in [3.05, 3.63) is 53.1 Å². The molecule has 0 bridgehead atoms. The Bertz CT molecular complexity index is 830. The van der Waals surface area contributed by atoms with Gasteiger partial charge in [-0.25, -0.2) is 0 Å². The van der Waals surface area contributed by atoms with E-state index in [4.69, 9.17) is 4.74 Å². The molecule has 0 saturated heterocycles. The zero-order valence-corrected chi connectivity index (χ0v) is 14.8. The maximum Gasteiger partial charge on any atom is 0.230 e. The molecule has 0 radical (unpaired) electrons. The average Bonchev–Trinajstić information content (AvgIpc) is 2.70. The van der Waals surface area contributed by atoms with Crippen LogP contribution in [0.3, 0.4) is 0 Å². The Hall–Kier alpha value is -2.82. The smallest absolute Gasteiger partial charge is 0.230 e. The van der Waals surface area contributed by atoms with Crippen LogP contribution in [-0.2, 0) is 16.0 Å². The van der Waals surface area contributed by atoms with Crippen LogP contribution in [-0.4, -0.2) is 25.5 Å². The van der Waals surface area contributed by atoms with Gasteiger partial charge in [0.15, 0.2) is 0 Å². The largest absolute Gasteiger partial charge is 0.491 e. The number of carbonyl (C=O) groups is 2. The highest BCUT2D eigenvalue weighted by molar-refractivity contribution is 5.96. The van der Waals surface area contributed by atoms with Gasteiger partial charge in [0.1, 0.15) is 5.75 Å². The molecule has 0 saturated carbocycles. The lowest BCUT2D eigenvalue weighted by atomic mass is 10.1. The minimum Gasteiger partial charge on any atom is -0.491 e. The van der Waals surface area contributed by atoms with Crippen LogP contribution in [0.25, 0.3) is 0 Å². The van der Waals surface area contributed by atoms with Crippen molar-refractivity contribution in [2.45, 2.75) is 26.7 Å². The Labute approximate surface area is 147 Å². The third-order valence-electron chi connectivity index (χ3n) is 4.35. The molecule has 1 heterocycles. The lowest BCUT2D eigenvalue weighted by molar-refractivity contribution is -0.118. The Morgan fingerprint density at radius 3 is 2.76 bits per heavy atom. The molecule has 2 amide bonds. The zero-order valence-electron chi connectivity index (χ0n) is 14.8. The molecular weight excluding hydrogens is 316 g/mol. The van der Waals surface area contributed by atoms with Crippen molar-refractivity contribution in [3.8, 4) is 5.75 Å². The molecule has 3 rings (SSSR count). The lowest BCUT2D eigenvalue weighted by Crippen LogP contribution is -2.25. The zero-order chi connectivity index (χ0) is 18.0. The van der Waals surface area contributed by atoms with Crippen LogP contribution in [0.5, 0.6) is 5.75 Å². The topological polar surface area (TPSA) is 58.6 Å². The van der Waals surface area contributed by atoms with Gasteiger partial charge in [0.2, 0.25) is 11.8 Å². The van der Waals surface area contributed by atoms with Gasteiger partial charge in [-0.15, -0.1) is 0 Å². The maximum absolute atomic E-state index is 12.4. The molecule has 1 N–H and O–H groups in total. The van der Waals surface area contributed by atoms with Gasteiger partial charge in [-0.1, -0.05) is 23.8 Å². The fraction of sp³-hybridized carbons (Fsp3) is 0.300. The van der Waals surface area contributed by atoms with Crippen LogP contribution >= 0.6 is 0 Å². The van der Waals surface area contributed by atoms with E-state index in [-0.39, 0.29) is 18.2 Å². The second-order valence-electron chi connectivity index (χ2n) is 6.40. The first kappa shape index (κ1) is 17.0. The van der Waals surface area contributed by atoms with E-state index in [0.717, 1.165) is 22.4 Å². The average molecular weight is 338 g/mol. The van der Waals surface area contributed by atoms with Gasteiger partial charge in [-0.2, -0.15) is 0 Å². The van der Waals surface area contributed by atoms with E-state index in [2.05, 4.69) is 5.32 Å². The molecule has 130 valence electrons. The molecule has 1 aliphatic rings. The van der Waals surface area contributed by atoms with Crippen molar-refractivity contribution < 1.29 is 14.3 Å². The number of ether oxygens (including phenoxy) is 1. The summed E-state index contributed by atoms with van der Waals surface area (Å²) in [6.45, 7) is 4.37. The molecule has 0 fully saturated rings. The summed E-state index contributed by atoms with van der Waals surface area (Å²) in [5, 5.41) is 2.95. The van der Waals surface area contributed by atoms with Gasteiger partial charge in [0.05, 0.1) is 25.1 Å². The number of aryl methyl sites for hydroxylation is 2. The number of carbonyl (C=O) groups excluding carboxylic acids is 2. The normalized spacial score (nSPS) is 13.7. The predicted octanol–water partition coefficient (Wildman–Crippen LogP) is 3.23. The minimum absolute atomic E-state index is 0.00984. The van der Waals surface area contributed by atoms with Crippen LogP contribution in [0.2, 0.25) is 0 Å². The fourth-order valence-corrected chi connectivity index (χ4v) is 2.94. The number of nitrogens with zero attached hydrogens (tertiary/aromatic N) is 1. The number of hydrogen-bond acceptors (Lipinski definition) is 3. The SMILES string of the molecule is Cc1ccc(NC(=O)Cc2ccc3c(c2)N(C)C(=O)CCO3)c(C)c1. The first-order valence-corrected chi connectivity index (χ1v) is 8.33. The van der Waals surface area contributed by atoms with Crippen molar-refractivity contribution in [2.75, 3.05) is 23.9 Å². The van der Waals surface area contributed by atoms with Gasteiger partial charge in [0.25, 0.3) is 0 Å². The number of nitrogens with one attached hydrogen (secondary N) is 1. The molecule has 0 aromatic heterocycles. The first-order valence-electron chi connectivity index (χ1n) is 8.33. The van der Waals surface area contributed by atoms with Crippen LogP contribution in [0, 0.1) is 13.8 Å². The second kappa shape index (κ2) is 6.97. The Morgan fingerprint density at radius 2 is 2.00 bits per heavy atom. The Morgan fingerprint density at radius 1 is 1.20 bits per heavy atom. The van der Waals surface area contributed by atoms with Gasteiger partial charge >= 0.3 is 0 Å². The summed E-state index contributed by atoms with van der Waals surface area (Å²) >= 11 is 0. The van der Waals surface area contributed by atoms with E-state index in [9.17, 15) is 9.59 Å². The van der Waals surface area contributed by atoms with Crippen LogP contribution in [0.1, 0.15) is 23.1 Å². The molecule has 0 aliphatic carbocycles. The lowest BCUT2D eigenvalue weighted by Gasteiger charge is -2.17.